The summed E-state index contributed by atoms with van der Waals surface area (Å²) in [6.07, 6.45) is 1.99. The second-order valence-corrected chi connectivity index (χ2v) is 6.29. The zero-order chi connectivity index (χ0) is 15.6. The van der Waals surface area contributed by atoms with Crippen LogP contribution in [0.15, 0.2) is 30.6 Å². The van der Waals surface area contributed by atoms with E-state index in [-0.39, 0.29) is 5.91 Å². The molecule has 7 nitrogen and oxygen atoms in total. The van der Waals surface area contributed by atoms with Crippen molar-refractivity contribution in [2.75, 3.05) is 26.3 Å². The second kappa shape index (κ2) is 6.05. The smallest absolute Gasteiger partial charge is 0.234 e. The van der Waals surface area contributed by atoms with Crippen molar-refractivity contribution in [3.8, 4) is 10.6 Å². The van der Waals surface area contributed by atoms with E-state index in [0.717, 1.165) is 21.1 Å². The molecular formula is C15H15N5O2S. The highest BCUT2D eigenvalue weighted by Crippen LogP contribution is 2.25. The van der Waals surface area contributed by atoms with Crippen LogP contribution in [0.25, 0.3) is 15.5 Å². The molecule has 0 N–H and O–H groups in total. The summed E-state index contributed by atoms with van der Waals surface area (Å²) in [5.74, 6) is 0.142. The van der Waals surface area contributed by atoms with Gasteiger partial charge in [0.25, 0.3) is 0 Å². The molecule has 0 atom stereocenters. The number of benzene rings is 1. The number of amides is 1. The van der Waals surface area contributed by atoms with Gasteiger partial charge in [0, 0.05) is 18.7 Å². The van der Waals surface area contributed by atoms with Crippen LogP contribution < -0.4 is 0 Å². The minimum absolute atomic E-state index is 0.142. The number of rotatable bonds is 3. The van der Waals surface area contributed by atoms with Crippen molar-refractivity contribution >= 4 is 22.2 Å². The summed E-state index contributed by atoms with van der Waals surface area (Å²) in [5.41, 5.74) is 1.98. The predicted octanol–water partition coefficient (Wildman–Crippen LogP) is 1.25. The summed E-state index contributed by atoms with van der Waals surface area (Å²) in [7, 11) is 0. The number of carbonyl (C=O) groups is 1. The molecule has 0 saturated carbocycles. The number of aromatic nitrogens is 4. The standard InChI is InChI=1S/C15H15N5O2S/c21-13(19-4-6-22-7-5-19)9-11-2-1-3-12(8-11)14-18-20-10-16-17-15(20)23-14/h1-3,8,10H,4-7,9H2. The van der Waals surface area contributed by atoms with Crippen molar-refractivity contribution in [3.63, 3.8) is 0 Å². The van der Waals surface area contributed by atoms with Gasteiger partial charge in [0.15, 0.2) is 0 Å². The topological polar surface area (TPSA) is 72.6 Å². The zero-order valence-electron chi connectivity index (χ0n) is 12.4. The van der Waals surface area contributed by atoms with E-state index in [2.05, 4.69) is 15.3 Å². The summed E-state index contributed by atoms with van der Waals surface area (Å²) in [4.78, 5) is 15.0. The first-order valence-electron chi connectivity index (χ1n) is 7.41. The van der Waals surface area contributed by atoms with Crippen LogP contribution >= 0.6 is 11.3 Å². The van der Waals surface area contributed by atoms with Crippen LogP contribution in [0.5, 0.6) is 0 Å². The third kappa shape index (κ3) is 2.95. The monoisotopic (exact) mass is 329 g/mol. The first kappa shape index (κ1) is 14.3. The summed E-state index contributed by atoms with van der Waals surface area (Å²) < 4.78 is 6.94. The Morgan fingerprint density at radius 1 is 1.30 bits per heavy atom. The molecular weight excluding hydrogens is 314 g/mol. The molecule has 3 aromatic rings. The van der Waals surface area contributed by atoms with Crippen molar-refractivity contribution in [2.45, 2.75) is 6.42 Å². The normalized spacial score (nSPS) is 15.2. The van der Waals surface area contributed by atoms with Crippen LogP contribution in [0.2, 0.25) is 0 Å². The average molecular weight is 329 g/mol. The molecule has 8 heteroatoms. The molecule has 4 rings (SSSR count). The van der Waals surface area contributed by atoms with Gasteiger partial charge in [-0.2, -0.15) is 9.61 Å². The van der Waals surface area contributed by atoms with Crippen LogP contribution in [0, 0.1) is 0 Å². The maximum atomic E-state index is 12.3. The van der Waals surface area contributed by atoms with Gasteiger partial charge >= 0.3 is 0 Å². The van der Waals surface area contributed by atoms with E-state index in [0.29, 0.717) is 32.7 Å². The van der Waals surface area contributed by atoms with Crippen LogP contribution in [-0.2, 0) is 16.0 Å². The molecule has 0 spiro atoms. The molecule has 1 saturated heterocycles. The number of nitrogens with zero attached hydrogens (tertiary/aromatic N) is 5. The Hall–Kier alpha value is -2.32. The maximum absolute atomic E-state index is 12.3. The highest BCUT2D eigenvalue weighted by Gasteiger charge is 2.17. The van der Waals surface area contributed by atoms with Crippen molar-refractivity contribution in [2.24, 2.45) is 0 Å². The number of ether oxygens (including phenoxy) is 1. The largest absolute Gasteiger partial charge is 0.378 e. The van der Waals surface area contributed by atoms with Crippen LogP contribution in [0.3, 0.4) is 0 Å². The van der Waals surface area contributed by atoms with E-state index >= 15 is 0 Å². The first-order chi connectivity index (χ1) is 11.3. The van der Waals surface area contributed by atoms with Crippen molar-refractivity contribution in [3.05, 3.63) is 36.2 Å². The van der Waals surface area contributed by atoms with E-state index in [4.69, 9.17) is 4.74 Å². The fourth-order valence-corrected chi connectivity index (χ4v) is 3.41. The number of hydrogen-bond acceptors (Lipinski definition) is 6. The van der Waals surface area contributed by atoms with Crippen LogP contribution in [-0.4, -0.2) is 56.9 Å². The van der Waals surface area contributed by atoms with Gasteiger partial charge in [-0.15, -0.1) is 10.2 Å². The third-order valence-electron chi connectivity index (χ3n) is 3.78. The van der Waals surface area contributed by atoms with Gasteiger partial charge < -0.3 is 9.64 Å². The summed E-state index contributed by atoms with van der Waals surface area (Å²) in [6.45, 7) is 2.60. The van der Waals surface area contributed by atoms with Gasteiger partial charge in [0.05, 0.1) is 19.6 Å². The van der Waals surface area contributed by atoms with Crippen molar-refractivity contribution < 1.29 is 9.53 Å². The number of morpholine rings is 1. The fraction of sp³-hybridized carbons (Fsp3) is 0.333. The van der Waals surface area contributed by atoms with Crippen LogP contribution in [0.4, 0.5) is 0 Å². The molecule has 1 aliphatic heterocycles. The molecule has 1 amide bonds. The lowest BCUT2D eigenvalue weighted by molar-refractivity contribution is -0.134. The molecule has 1 aliphatic rings. The minimum Gasteiger partial charge on any atom is -0.378 e. The summed E-state index contributed by atoms with van der Waals surface area (Å²) >= 11 is 1.48. The summed E-state index contributed by atoms with van der Waals surface area (Å²) in [6, 6.07) is 7.94. The lowest BCUT2D eigenvalue weighted by atomic mass is 10.1. The van der Waals surface area contributed by atoms with E-state index in [1.54, 1.807) is 10.8 Å². The second-order valence-electron chi connectivity index (χ2n) is 5.34. The molecule has 23 heavy (non-hydrogen) atoms. The Morgan fingerprint density at radius 2 is 2.17 bits per heavy atom. The Bertz CT molecular complexity index is 809. The molecule has 0 radical (unpaired) electrons. The van der Waals surface area contributed by atoms with E-state index in [9.17, 15) is 4.79 Å². The number of carbonyl (C=O) groups excluding carboxylic acids is 1. The highest BCUT2D eigenvalue weighted by atomic mass is 32.1. The van der Waals surface area contributed by atoms with Gasteiger partial charge in [-0.25, -0.2) is 0 Å². The number of fused-ring (bicyclic) bond motifs is 1. The lowest BCUT2D eigenvalue weighted by Gasteiger charge is -2.26. The molecule has 0 aliphatic carbocycles. The lowest BCUT2D eigenvalue weighted by Crippen LogP contribution is -2.41. The molecule has 1 fully saturated rings. The predicted molar refractivity (Wildman–Crippen MR) is 85.2 cm³/mol. The van der Waals surface area contributed by atoms with Gasteiger partial charge in [-0.05, 0) is 11.6 Å². The maximum Gasteiger partial charge on any atom is 0.234 e. The minimum atomic E-state index is 0.142. The molecule has 0 bridgehead atoms. The molecule has 3 heterocycles. The molecule has 0 unspecified atom stereocenters. The molecule has 1 aromatic carbocycles. The molecule has 118 valence electrons. The first-order valence-corrected chi connectivity index (χ1v) is 8.23. The van der Waals surface area contributed by atoms with Gasteiger partial charge in [-0.3, -0.25) is 4.79 Å². The molecule has 2 aromatic heterocycles. The van der Waals surface area contributed by atoms with Gasteiger partial charge in [0.1, 0.15) is 11.3 Å². The van der Waals surface area contributed by atoms with E-state index in [1.807, 2.05) is 29.2 Å². The zero-order valence-corrected chi connectivity index (χ0v) is 13.2. The van der Waals surface area contributed by atoms with E-state index in [1.165, 1.54) is 11.3 Å². The van der Waals surface area contributed by atoms with Gasteiger partial charge in [0.2, 0.25) is 10.9 Å². The highest BCUT2D eigenvalue weighted by molar-refractivity contribution is 7.19. The summed E-state index contributed by atoms with van der Waals surface area (Å²) in [5, 5.41) is 13.1. The van der Waals surface area contributed by atoms with E-state index < -0.39 is 0 Å². The average Bonchev–Trinajstić information content (AvgIpc) is 3.17. The van der Waals surface area contributed by atoms with Gasteiger partial charge in [-0.1, -0.05) is 29.5 Å². The number of hydrogen-bond donors (Lipinski definition) is 0. The van der Waals surface area contributed by atoms with Crippen molar-refractivity contribution in [1.29, 1.82) is 0 Å². The quantitative estimate of drug-likeness (QED) is 0.723. The Balaban J connectivity index is 1.53. The third-order valence-corrected chi connectivity index (χ3v) is 4.74. The Morgan fingerprint density at radius 3 is 3.00 bits per heavy atom. The Kier molecular flexibility index (Phi) is 3.76. The van der Waals surface area contributed by atoms with Crippen LogP contribution in [0.1, 0.15) is 5.56 Å². The Labute approximate surface area is 136 Å². The SMILES string of the molecule is O=C(Cc1cccc(-c2nn3cnnc3s2)c1)N1CCOCC1. The van der Waals surface area contributed by atoms with Crippen molar-refractivity contribution in [1.82, 2.24) is 24.7 Å². The fourth-order valence-electron chi connectivity index (χ4n) is 2.59.